The third kappa shape index (κ3) is 3.09. The largest absolute Gasteiger partial charge is 0.382 e. The van der Waals surface area contributed by atoms with Gasteiger partial charge < -0.3 is 10.3 Å². The van der Waals surface area contributed by atoms with Crippen LogP contribution in [0, 0.1) is 5.41 Å². The monoisotopic (exact) mass is 285 g/mol. The Kier molecular flexibility index (Phi) is 4.23. The number of anilines is 1. The van der Waals surface area contributed by atoms with Crippen LogP contribution in [0.2, 0.25) is 0 Å². The zero-order chi connectivity index (χ0) is 14.7. The van der Waals surface area contributed by atoms with Gasteiger partial charge in [-0.1, -0.05) is 18.9 Å². The molecule has 3 N–H and O–H groups in total. The van der Waals surface area contributed by atoms with Crippen LogP contribution in [0.1, 0.15) is 56.9 Å². The molecule has 0 saturated heterocycles. The number of hydrogen-bond acceptors (Lipinski definition) is 3. The highest BCUT2D eigenvalue weighted by molar-refractivity contribution is 6.13. The maximum absolute atomic E-state index is 12.2. The Bertz CT molecular complexity index is 609. The molecule has 0 atom stereocenters. The Labute approximate surface area is 125 Å². The van der Waals surface area contributed by atoms with Crippen molar-refractivity contribution in [3.05, 3.63) is 39.8 Å². The summed E-state index contributed by atoms with van der Waals surface area (Å²) in [5.41, 5.74) is 2.60. The first-order chi connectivity index (χ1) is 10.3. The molecule has 21 heavy (non-hydrogen) atoms. The second-order valence-corrected chi connectivity index (χ2v) is 6.07. The first kappa shape index (κ1) is 14.1. The lowest BCUT2D eigenvalue weighted by molar-refractivity contribution is 0.716. The summed E-state index contributed by atoms with van der Waals surface area (Å²) in [7, 11) is 0. The minimum Gasteiger partial charge on any atom is -0.382 e. The fraction of sp³-hybridized carbons (Fsp3) is 0.529. The molecular formula is C17H23N3O. The molecule has 1 heterocycles. The molecule has 2 aliphatic carbocycles. The Hall–Kier alpha value is -1.84. The van der Waals surface area contributed by atoms with E-state index in [0.717, 1.165) is 43.4 Å². The van der Waals surface area contributed by atoms with Crippen molar-refractivity contribution in [2.45, 2.75) is 57.4 Å². The summed E-state index contributed by atoms with van der Waals surface area (Å²) in [5.74, 6) is 0. The fourth-order valence-electron chi connectivity index (χ4n) is 3.36. The van der Waals surface area contributed by atoms with Crippen LogP contribution in [-0.2, 0) is 0 Å². The maximum atomic E-state index is 12.2. The van der Waals surface area contributed by atoms with E-state index in [1.165, 1.54) is 19.3 Å². The zero-order valence-corrected chi connectivity index (χ0v) is 12.4. The summed E-state index contributed by atoms with van der Waals surface area (Å²) in [6, 6.07) is 2.34. The summed E-state index contributed by atoms with van der Waals surface area (Å²) in [5, 5.41) is 11.9. The number of rotatable bonds is 4. The second-order valence-electron chi connectivity index (χ2n) is 6.07. The minimum atomic E-state index is -0.158. The van der Waals surface area contributed by atoms with E-state index in [4.69, 9.17) is 5.41 Å². The van der Waals surface area contributed by atoms with Crippen LogP contribution in [0.4, 0.5) is 5.69 Å². The van der Waals surface area contributed by atoms with E-state index in [2.05, 4.69) is 16.4 Å². The number of aromatic nitrogens is 1. The lowest BCUT2D eigenvalue weighted by Crippen LogP contribution is -2.25. The van der Waals surface area contributed by atoms with Crippen LogP contribution < -0.4 is 10.9 Å². The molecule has 0 aromatic carbocycles. The SMILES string of the molecule is N=C(C1=CCCCC1)c1c(NC2CCCC2)cc[nH]c1=O. The molecule has 0 bridgehead atoms. The van der Waals surface area contributed by atoms with Crippen LogP contribution in [0.3, 0.4) is 0 Å². The summed E-state index contributed by atoms with van der Waals surface area (Å²) in [4.78, 5) is 15.0. The number of H-pyrrole nitrogens is 1. The van der Waals surface area contributed by atoms with Gasteiger partial charge in [0.2, 0.25) is 0 Å². The molecule has 4 nitrogen and oxygen atoms in total. The Morgan fingerprint density at radius 2 is 2.05 bits per heavy atom. The van der Waals surface area contributed by atoms with Crippen molar-refractivity contribution in [3.8, 4) is 0 Å². The summed E-state index contributed by atoms with van der Waals surface area (Å²) in [6.07, 6.45) is 12.8. The Morgan fingerprint density at radius 1 is 1.24 bits per heavy atom. The fourth-order valence-corrected chi connectivity index (χ4v) is 3.36. The van der Waals surface area contributed by atoms with Gasteiger partial charge in [0, 0.05) is 12.2 Å². The van der Waals surface area contributed by atoms with Crippen molar-refractivity contribution in [2.75, 3.05) is 5.32 Å². The molecule has 0 amide bonds. The van der Waals surface area contributed by atoms with Crippen molar-refractivity contribution in [1.29, 1.82) is 5.41 Å². The summed E-state index contributed by atoms with van der Waals surface area (Å²) in [6.45, 7) is 0. The molecule has 4 heteroatoms. The molecule has 3 rings (SSSR count). The average molecular weight is 285 g/mol. The molecule has 1 aromatic rings. The molecule has 2 aliphatic rings. The van der Waals surface area contributed by atoms with E-state index in [9.17, 15) is 4.79 Å². The number of pyridine rings is 1. The quantitative estimate of drug-likeness (QED) is 0.740. The van der Waals surface area contributed by atoms with Crippen LogP contribution >= 0.6 is 0 Å². The molecule has 0 radical (unpaired) electrons. The molecule has 112 valence electrons. The standard InChI is InChI=1S/C17H23N3O/c18-16(12-6-2-1-3-7-12)15-14(10-11-19-17(15)21)20-13-8-4-5-9-13/h6,10-11,13,18H,1-5,7-9H2,(H2,19,20,21). The molecule has 0 spiro atoms. The third-order valence-electron chi connectivity index (χ3n) is 4.54. The predicted octanol–water partition coefficient (Wildman–Crippen LogP) is 3.60. The van der Waals surface area contributed by atoms with Crippen LogP contribution in [0.25, 0.3) is 0 Å². The lowest BCUT2D eigenvalue weighted by Gasteiger charge is -2.19. The van der Waals surface area contributed by atoms with E-state index in [1.807, 2.05) is 6.07 Å². The first-order valence-electron chi connectivity index (χ1n) is 8.02. The molecule has 0 aliphatic heterocycles. The summed E-state index contributed by atoms with van der Waals surface area (Å²) < 4.78 is 0. The maximum Gasteiger partial charge on any atom is 0.259 e. The van der Waals surface area contributed by atoms with E-state index >= 15 is 0 Å². The van der Waals surface area contributed by atoms with Crippen molar-refractivity contribution in [1.82, 2.24) is 4.98 Å². The normalized spacial score (nSPS) is 19.3. The highest BCUT2D eigenvalue weighted by Gasteiger charge is 2.21. The highest BCUT2D eigenvalue weighted by Crippen LogP contribution is 2.26. The van der Waals surface area contributed by atoms with Gasteiger partial charge in [0.05, 0.1) is 17.0 Å². The van der Waals surface area contributed by atoms with Gasteiger partial charge in [0.1, 0.15) is 0 Å². The van der Waals surface area contributed by atoms with Gasteiger partial charge in [0.25, 0.3) is 5.56 Å². The Morgan fingerprint density at radius 3 is 2.76 bits per heavy atom. The average Bonchev–Trinajstić information content (AvgIpc) is 3.01. The minimum absolute atomic E-state index is 0.158. The first-order valence-corrected chi connectivity index (χ1v) is 8.02. The van der Waals surface area contributed by atoms with Gasteiger partial charge in [0.15, 0.2) is 0 Å². The lowest BCUT2D eigenvalue weighted by atomic mass is 9.92. The van der Waals surface area contributed by atoms with Crippen LogP contribution in [-0.4, -0.2) is 16.7 Å². The molecule has 1 aromatic heterocycles. The summed E-state index contributed by atoms with van der Waals surface area (Å²) >= 11 is 0. The number of aromatic amines is 1. The van der Waals surface area contributed by atoms with Gasteiger partial charge in [-0.2, -0.15) is 0 Å². The van der Waals surface area contributed by atoms with Crippen molar-refractivity contribution >= 4 is 11.4 Å². The highest BCUT2D eigenvalue weighted by atomic mass is 16.1. The van der Waals surface area contributed by atoms with Gasteiger partial charge in [-0.25, -0.2) is 0 Å². The number of allylic oxidation sites excluding steroid dienone is 2. The predicted molar refractivity (Wildman–Crippen MR) is 86.3 cm³/mol. The third-order valence-corrected chi connectivity index (χ3v) is 4.54. The molecular weight excluding hydrogens is 262 g/mol. The van der Waals surface area contributed by atoms with E-state index in [1.54, 1.807) is 6.20 Å². The van der Waals surface area contributed by atoms with Gasteiger partial charge in [-0.15, -0.1) is 0 Å². The van der Waals surface area contributed by atoms with E-state index < -0.39 is 0 Å². The molecule has 1 fully saturated rings. The smallest absolute Gasteiger partial charge is 0.259 e. The van der Waals surface area contributed by atoms with Crippen molar-refractivity contribution < 1.29 is 0 Å². The van der Waals surface area contributed by atoms with Crippen molar-refractivity contribution in [2.24, 2.45) is 0 Å². The van der Waals surface area contributed by atoms with E-state index in [-0.39, 0.29) is 5.56 Å². The van der Waals surface area contributed by atoms with Gasteiger partial charge in [-0.05, 0) is 50.2 Å². The van der Waals surface area contributed by atoms with Gasteiger partial charge in [-0.3, -0.25) is 10.2 Å². The van der Waals surface area contributed by atoms with Crippen molar-refractivity contribution in [3.63, 3.8) is 0 Å². The Balaban J connectivity index is 1.90. The van der Waals surface area contributed by atoms with Crippen LogP contribution in [0.15, 0.2) is 28.7 Å². The molecule has 1 saturated carbocycles. The second kappa shape index (κ2) is 6.29. The number of hydrogen-bond donors (Lipinski definition) is 3. The van der Waals surface area contributed by atoms with Gasteiger partial charge >= 0.3 is 0 Å². The zero-order valence-electron chi connectivity index (χ0n) is 12.4. The number of nitrogens with one attached hydrogen (secondary N) is 3. The molecule has 0 unspecified atom stereocenters. The van der Waals surface area contributed by atoms with Crippen LogP contribution in [0.5, 0.6) is 0 Å². The topological polar surface area (TPSA) is 68.7 Å². The van der Waals surface area contributed by atoms with E-state index in [0.29, 0.717) is 17.3 Å².